The van der Waals surface area contributed by atoms with E-state index in [-0.39, 0.29) is 18.0 Å². The molecule has 0 saturated heterocycles. The van der Waals surface area contributed by atoms with E-state index in [1.807, 2.05) is 6.07 Å². The highest BCUT2D eigenvalue weighted by Gasteiger charge is 2.15. The first-order chi connectivity index (χ1) is 15.4. The number of nitrogens with zero attached hydrogens (tertiary/aromatic N) is 1. The van der Waals surface area contributed by atoms with Crippen LogP contribution in [0, 0.1) is 17.1 Å². The fourth-order valence-corrected chi connectivity index (χ4v) is 3.38. The molecule has 0 aliphatic carbocycles. The molecule has 8 heteroatoms. The Labute approximate surface area is 198 Å². The summed E-state index contributed by atoms with van der Waals surface area (Å²) in [4.78, 5) is 12.6. The van der Waals surface area contributed by atoms with Crippen LogP contribution >= 0.6 is 27.5 Å². The molecule has 0 bridgehead atoms. The van der Waals surface area contributed by atoms with Crippen LogP contribution in [0.3, 0.4) is 0 Å². The lowest BCUT2D eigenvalue weighted by Gasteiger charge is -2.13. The minimum atomic E-state index is -0.605. The number of nitriles is 1. The van der Waals surface area contributed by atoms with E-state index in [0.29, 0.717) is 37.8 Å². The number of benzene rings is 3. The third-order valence-corrected chi connectivity index (χ3v) is 5.43. The summed E-state index contributed by atoms with van der Waals surface area (Å²) >= 11 is 9.48. The number of hydrogen-bond acceptors (Lipinski definition) is 4. The Morgan fingerprint density at radius 1 is 1.19 bits per heavy atom. The second-order valence-corrected chi connectivity index (χ2v) is 7.77. The van der Waals surface area contributed by atoms with E-state index in [1.165, 1.54) is 19.3 Å². The summed E-state index contributed by atoms with van der Waals surface area (Å²) in [5, 5.41) is 12.5. The van der Waals surface area contributed by atoms with Crippen molar-refractivity contribution in [1.29, 1.82) is 5.26 Å². The lowest BCUT2D eigenvalue weighted by molar-refractivity contribution is -0.112. The van der Waals surface area contributed by atoms with Gasteiger partial charge < -0.3 is 14.8 Å². The van der Waals surface area contributed by atoms with Gasteiger partial charge in [-0.2, -0.15) is 5.26 Å². The minimum absolute atomic E-state index is 0.00828. The van der Waals surface area contributed by atoms with Gasteiger partial charge in [-0.05, 0) is 42.0 Å². The lowest BCUT2D eigenvalue weighted by Crippen LogP contribution is -2.13. The number of ether oxygens (including phenoxy) is 2. The Bertz CT molecular complexity index is 1220. The minimum Gasteiger partial charge on any atom is -0.493 e. The molecule has 1 amide bonds. The van der Waals surface area contributed by atoms with E-state index < -0.39 is 5.91 Å². The Morgan fingerprint density at radius 2 is 1.91 bits per heavy atom. The zero-order chi connectivity index (χ0) is 23.1. The standard InChI is InChI=1S/C24H17BrClFN2O3/c1-31-22-11-16(10-17(13-28)24(30)29-21-9-5-3-7-19(21)26)18(25)12-23(22)32-14-15-6-2-4-8-20(15)27/h2-12H,14H2,1H3,(H,29,30)/b17-10+. The molecule has 0 spiro atoms. The van der Waals surface area contributed by atoms with Crippen LogP contribution in [-0.4, -0.2) is 13.0 Å². The van der Waals surface area contributed by atoms with Gasteiger partial charge in [-0.25, -0.2) is 4.39 Å². The van der Waals surface area contributed by atoms with Crippen LogP contribution < -0.4 is 14.8 Å². The topological polar surface area (TPSA) is 71.3 Å². The first kappa shape index (κ1) is 23.3. The molecule has 0 atom stereocenters. The molecule has 0 radical (unpaired) electrons. The van der Waals surface area contributed by atoms with Crippen molar-refractivity contribution < 1.29 is 18.7 Å². The highest BCUT2D eigenvalue weighted by atomic mass is 79.9. The van der Waals surface area contributed by atoms with Crippen LogP contribution in [0.1, 0.15) is 11.1 Å². The summed E-state index contributed by atoms with van der Waals surface area (Å²) in [6, 6.07) is 18.2. The first-order valence-electron chi connectivity index (χ1n) is 9.34. The quantitative estimate of drug-likeness (QED) is 0.293. The van der Waals surface area contributed by atoms with Gasteiger partial charge in [0.15, 0.2) is 11.5 Å². The molecule has 1 N–H and O–H groups in total. The largest absolute Gasteiger partial charge is 0.493 e. The summed E-state index contributed by atoms with van der Waals surface area (Å²) in [6.07, 6.45) is 1.42. The Kier molecular flexibility index (Phi) is 7.87. The van der Waals surface area contributed by atoms with E-state index in [1.54, 1.807) is 54.6 Å². The van der Waals surface area contributed by atoms with Crippen molar-refractivity contribution in [3.05, 3.63) is 92.7 Å². The number of methoxy groups -OCH3 is 1. The lowest BCUT2D eigenvalue weighted by atomic mass is 10.1. The smallest absolute Gasteiger partial charge is 0.266 e. The maximum absolute atomic E-state index is 13.9. The van der Waals surface area contributed by atoms with E-state index in [0.717, 1.165) is 0 Å². The van der Waals surface area contributed by atoms with Gasteiger partial charge in [-0.15, -0.1) is 0 Å². The van der Waals surface area contributed by atoms with Gasteiger partial charge in [-0.1, -0.05) is 57.9 Å². The second-order valence-electron chi connectivity index (χ2n) is 6.51. The van der Waals surface area contributed by atoms with Crippen molar-refractivity contribution in [3.63, 3.8) is 0 Å². The zero-order valence-corrected chi connectivity index (χ0v) is 19.2. The Balaban J connectivity index is 1.84. The van der Waals surface area contributed by atoms with E-state index in [4.69, 9.17) is 21.1 Å². The highest BCUT2D eigenvalue weighted by Crippen LogP contribution is 2.35. The molecule has 0 aliphatic rings. The molecule has 3 aromatic rings. The van der Waals surface area contributed by atoms with Crippen LogP contribution in [-0.2, 0) is 11.4 Å². The van der Waals surface area contributed by atoms with Crippen molar-refractivity contribution >= 4 is 45.2 Å². The SMILES string of the molecule is COc1cc(/C=C(\C#N)C(=O)Nc2ccccc2Cl)c(Br)cc1OCc1ccccc1F. The maximum atomic E-state index is 13.9. The molecular weight excluding hydrogens is 499 g/mol. The molecule has 3 rings (SSSR count). The Hall–Kier alpha value is -3.34. The number of carbonyl (C=O) groups excluding carboxylic acids is 1. The summed E-state index contributed by atoms with van der Waals surface area (Å²) in [5.74, 6) is -0.238. The molecule has 3 aromatic carbocycles. The number of anilines is 1. The van der Waals surface area contributed by atoms with Crippen LogP contribution in [0.15, 0.2) is 70.7 Å². The zero-order valence-electron chi connectivity index (χ0n) is 16.9. The normalized spacial score (nSPS) is 10.9. The van der Waals surface area contributed by atoms with Crippen LogP contribution in [0.2, 0.25) is 5.02 Å². The van der Waals surface area contributed by atoms with Gasteiger partial charge in [0.2, 0.25) is 0 Å². The highest BCUT2D eigenvalue weighted by molar-refractivity contribution is 9.10. The monoisotopic (exact) mass is 514 g/mol. The second kappa shape index (κ2) is 10.8. The number of amides is 1. The third kappa shape index (κ3) is 5.67. The van der Waals surface area contributed by atoms with E-state index in [2.05, 4.69) is 21.2 Å². The molecular formula is C24H17BrClFN2O3. The van der Waals surface area contributed by atoms with E-state index in [9.17, 15) is 14.4 Å². The maximum Gasteiger partial charge on any atom is 0.266 e. The summed E-state index contributed by atoms with van der Waals surface area (Å²) in [5.41, 5.74) is 1.19. The van der Waals surface area contributed by atoms with Crippen LogP contribution in [0.25, 0.3) is 6.08 Å². The van der Waals surface area contributed by atoms with Crippen LogP contribution in [0.4, 0.5) is 10.1 Å². The van der Waals surface area contributed by atoms with Crippen molar-refractivity contribution in [2.45, 2.75) is 6.61 Å². The molecule has 0 heterocycles. The third-order valence-electron chi connectivity index (χ3n) is 4.41. The first-order valence-corrected chi connectivity index (χ1v) is 10.5. The number of halogens is 3. The molecule has 0 fully saturated rings. The van der Waals surface area contributed by atoms with Gasteiger partial charge in [0.1, 0.15) is 24.1 Å². The Morgan fingerprint density at radius 3 is 2.59 bits per heavy atom. The summed E-state index contributed by atoms with van der Waals surface area (Å²) in [6.45, 7) is 0.00828. The van der Waals surface area contributed by atoms with Crippen molar-refractivity contribution in [2.24, 2.45) is 0 Å². The predicted octanol–water partition coefficient (Wildman–Crippen LogP) is 6.37. The number of carbonyl (C=O) groups is 1. The number of para-hydroxylation sites is 1. The molecule has 0 aromatic heterocycles. The van der Waals surface area contributed by atoms with Gasteiger partial charge in [-0.3, -0.25) is 4.79 Å². The van der Waals surface area contributed by atoms with Crippen molar-refractivity contribution in [1.82, 2.24) is 0 Å². The summed E-state index contributed by atoms with van der Waals surface area (Å²) < 4.78 is 25.5. The molecule has 162 valence electrons. The number of rotatable bonds is 7. The van der Waals surface area contributed by atoms with Gasteiger partial charge in [0.05, 0.1) is 17.8 Å². The van der Waals surface area contributed by atoms with Gasteiger partial charge >= 0.3 is 0 Å². The predicted molar refractivity (Wildman–Crippen MR) is 125 cm³/mol. The number of hydrogen-bond donors (Lipinski definition) is 1. The molecule has 0 saturated carbocycles. The fraction of sp³-hybridized carbons (Fsp3) is 0.0833. The average Bonchev–Trinajstić information content (AvgIpc) is 2.79. The van der Waals surface area contributed by atoms with Crippen molar-refractivity contribution in [2.75, 3.05) is 12.4 Å². The van der Waals surface area contributed by atoms with Gasteiger partial charge in [0.25, 0.3) is 5.91 Å². The average molecular weight is 516 g/mol. The molecule has 0 aliphatic heterocycles. The molecule has 5 nitrogen and oxygen atoms in total. The number of nitrogens with one attached hydrogen (secondary N) is 1. The fourth-order valence-electron chi connectivity index (χ4n) is 2.76. The van der Waals surface area contributed by atoms with Crippen LogP contribution in [0.5, 0.6) is 11.5 Å². The summed E-state index contributed by atoms with van der Waals surface area (Å²) in [7, 11) is 1.46. The molecule has 32 heavy (non-hydrogen) atoms. The van der Waals surface area contributed by atoms with E-state index >= 15 is 0 Å². The van der Waals surface area contributed by atoms with Crippen molar-refractivity contribution in [3.8, 4) is 17.6 Å². The van der Waals surface area contributed by atoms with Gasteiger partial charge in [0, 0.05) is 10.0 Å². The molecule has 0 unspecified atom stereocenters.